The molecule has 4 rings (SSSR count). The van der Waals surface area contributed by atoms with Gasteiger partial charge in [0, 0.05) is 25.9 Å². The van der Waals surface area contributed by atoms with E-state index in [1.807, 2.05) is 48.5 Å². The monoisotopic (exact) mass is 732 g/mol. The molecule has 0 radical (unpaired) electrons. The average molecular weight is 733 g/mol. The first-order valence-corrected chi connectivity index (χ1v) is 18.1. The molecule has 0 saturated heterocycles. The minimum Gasteiger partial charge on any atom is -0.462 e. The van der Waals surface area contributed by atoms with Crippen molar-refractivity contribution in [2.24, 2.45) is 11.5 Å². The molecule has 0 fully saturated rings. The smallest absolute Gasteiger partial charge is 0.407 e. The predicted octanol–water partition coefficient (Wildman–Crippen LogP) is 5.91. The van der Waals surface area contributed by atoms with Crippen LogP contribution in [0.1, 0.15) is 92.2 Å². The molecule has 6 N–H and O–H groups in total. The highest BCUT2D eigenvalue weighted by molar-refractivity contribution is 6.03. The molecule has 0 saturated carbocycles. The number of nitrogens with two attached hydrogens (primary N) is 2. The zero-order chi connectivity index (χ0) is 39.2. The van der Waals surface area contributed by atoms with Gasteiger partial charge in [0.2, 0.25) is 0 Å². The number of carbonyl (C=O) groups excluding carboxylic acids is 4. The first kappa shape index (κ1) is 40.9. The number of hydrogen-bond donors (Lipinski definition) is 4. The molecular weight excluding hydrogens is 676 g/mol. The van der Waals surface area contributed by atoms with E-state index >= 15 is 0 Å². The van der Waals surface area contributed by atoms with Crippen LogP contribution in [0.2, 0.25) is 0 Å². The maximum absolute atomic E-state index is 14.0. The van der Waals surface area contributed by atoms with Gasteiger partial charge < -0.3 is 36.3 Å². The van der Waals surface area contributed by atoms with Crippen LogP contribution in [0.3, 0.4) is 0 Å². The number of nitrogens with zero attached hydrogens (tertiary/aromatic N) is 2. The van der Waals surface area contributed by atoms with Gasteiger partial charge in [-0.2, -0.15) is 0 Å². The SMILES string of the molecule is CC(C)(C)OC(=O)NCCC[C@](C)(N)C(=O)N1C=C(OC2=CN(C(=O)[C@@](C)(N)CCCNC(=O)OC(C)(C)C)c3ccccc3C2)Cc2ccccc21. The number of hydrogen-bond acceptors (Lipinski definition) is 9. The third-order valence-corrected chi connectivity index (χ3v) is 8.54. The summed E-state index contributed by atoms with van der Waals surface area (Å²) in [6.07, 6.45) is 4.60. The van der Waals surface area contributed by atoms with Gasteiger partial charge in [-0.25, -0.2) is 9.59 Å². The second-order valence-electron chi connectivity index (χ2n) is 16.2. The molecule has 13 nitrogen and oxygen atoms in total. The van der Waals surface area contributed by atoms with E-state index in [4.69, 9.17) is 25.7 Å². The fourth-order valence-electron chi connectivity index (χ4n) is 6.00. The number of benzene rings is 2. The van der Waals surface area contributed by atoms with Crippen molar-refractivity contribution in [3.8, 4) is 0 Å². The van der Waals surface area contributed by atoms with Crippen molar-refractivity contribution in [2.75, 3.05) is 22.9 Å². The largest absolute Gasteiger partial charge is 0.462 e. The van der Waals surface area contributed by atoms with Gasteiger partial charge in [0.05, 0.1) is 34.9 Å². The van der Waals surface area contributed by atoms with Crippen molar-refractivity contribution in [1.29, 1.82) is 0 Å². The number of nitrogens with one attached hydrogen (secondary N) is 2. The lowest BCUT2D eigenvalue weighted by Gasteiger charge is -2.35. The standard InChI is InChI=1S/C40H56N6O7/c1-37(2,3)52-35(49)43-21-13-19-39(7,41)33(47)45-25-29(23-27-15-9-11-17-31(27)45)51-30-24-28-16-10-12-18-32(28)46(26-30)34(48)40(8,42)20-14-22-44-36(50)53-38(4,5)6/h9-12,15-18,25-26H,13-14,19-24,41-42H2,1-8H3,(H,43,49)(H,44,50)/t39-,40-/m0/s1. The van der Waals surface area contributed by atoms with E-state index in [0.29, 0.717) is 74.5 Å². The van der Waals surface area contributed by atoms with Crippen molar-refractivity contribution < 1.29 is 33.4 Å². The van der Waals surface area contributed by atoms with Crippen LogP contribution in [0, 0.1) is 0 Å². The van der Waals surface area contributed by atoms with Gasteiger partial charge in [0.15, 0.2) is 0 Å². The van der Waals surface area contributed by atoms with Gasteiger partial charge in [-0.1, -0.05) is 36.4 Å². The summed E-state index contributed by atoms with van der Waals surface area (Å²) in [6.45, 7) is 14.7. The van der Waals surface area contributed by atoms with Crippen LogP contribution in [-0.4, -0.2) is 59.4 Å². The van der Waals surface area contributed by atoms with Crippen molar-refractivity contribution in [3.63, 3.8) is 0 Å². The van der Waals surface area contributed by atoms with E-state index < -0.39 is 34.5 Å². The van der Waals surface area contributed by atoms with Gasteiger partial charge >= 0.3 is 12.2 Å². The summed E-state index contributed by atoms with van der Waals surface area (Å²) in [5.74, 6) is 0.341. The number of para-hydroxylation sites is 2. The molecule has 2 aliphatic heterocycles. The van der Waals surface area contributed by atoms with Crippen LogP contribution in [0.5, 0.6) is 0 Å². The van der Waals surface area contributed by atoms with Crippen molar-refractivity contribution in [2.45, 2.75) is 116 Å². The maximum Gasteiger partial charge on any atom is 0.407 e. The number of allylic oxidation sites excluding steroid dienone is 2. The number of amides is 4. The molecule has 2 aromatic rings. The lowest BCUT2D eigenvalue weighted by molar-refractivity contribution is -0.123. The average Bonchev–Trinajstić information content (AvgIpc) is 3.05. The first-order valence-electron chi connectivity index (χ1n) is 18.1. The lowest BCUT2D eigenvalue weighted by Crippen LogP contribution is -2.53. The molecule has 53 heavy (non-hydrogen) atoms. The lowest BCUT2D eigenvalue weighted by atomic mass is 9.93. The molecule has 4 amide bonds. The molecule has 13 heteroatoms. The third-order valence-electron chi connectivity index (χ3n) is 8.54. The molecule has 0 aliphatic carbocycles. The molecule has 2 aromatic carbocycles. The molecular formula is C40H56N6O7. The van der Waals surface area contributed by atoms with Crippen LogP contribution in [0.15, 0.2) is 72.4 Å². The maximum atomic E-state index is 14.0. The highest BCUT2D eigenvalue weighted by atomic mass is 16.6. The molecule has 2 heterocycles. The number of fused-ring (bicyclic) bond motifs is 2. The Hall–Kier alpha value is -4.88. The van der Waals surface area contributed by atoms with E-state index in [2.05, 4.69) is 10.6 Å². The van der Waals surface area contributed by atoms with E-state index in [1.165, 1.54) is 9.80 Å². The summed E-state index contributed by atoms with van der Waals surface area (Å²) in [4.78, 5) is 55.3. The minimum atomic E-state index is -1.26. The Morgan fingerprint density at radius 3 is 1.34 bits per heavy atom. The zero-order valence-electron chi connectivity index (χ0n) is 32.3. The van der Waals surface area contributed by atoms with Crippen molar-refractivity contribution in [3.05, 3.63) is 83.6 Å². The predicted molar refractivity (Wildman–Crippen MR) is 205 cm³/mol. The Morgan fingerprint density at radius 1 is 0.623 bits per heavy atom. The zero-order valence-corrected chi connectivity index (χ0v) is 32.3. The highest BCUT2D eigenvalue weighted by Gasteiger charge is 2.37. The van der Waals surface area contributed by atoms with Crippen LogP contribution >= 0.6 is 0 Å². The number of anilines is 2. The van der Waals surface area contributed by atoms with Gasteiger partial charge in [-0.15, -0.1) is 0 Å². The molecule has 288 valence electrons. The summed E-state index contributed by atoms with van der Waals surface area (Å²) >= 11 is 0. The van der Waals surface area contributed by atoms with Crippen LogP contribution < -0.4 is 31.9 Å². The van der Waals surface area contributed by atoms with Gasteiger partial charge in [0.1, 0.15) is 22.7 Å². The molecule has 2 aliphatic rings. The second-order valence-corrected chi connectivity index (χ2v) is 16.2. The van der Waals surface area contributed by atoms with Crippen LogP contribution in [0.4, 0.5) is 21.0 Å². The normalized spacial score (nSPS) is 16.4. The van der Waals surface area contributed by atoms with E-state index in [-0.39, 0.29) is 11.8 Å². The third kappa shape index (κ3) is 11.6. The molecule has 2 atom stereocenters. The number of ether oxygens (including phenoxy) is 3. The highest BCUT2D eigenvalue weighted by Crippen LogP contribution is 2.36. The Kier molecular flexibility index (Phi) is 12.7. The van der Waals surface area contributed by atoms with E-state index in [9.17, 15) is 19.2 Å². The Labute approximate surface area is 313 Å². The number of rotatable bonds is 12. The summed E-state index contributed by atoms with van der Waals surface area (Å²) in [6, 6.07) is 15.1. The topological polar surface area (TPSA) is 179 Å². The van der Waals surface area contributed by atoms with Gasteiger partial charge in [-0.05, 0) is 104 Å². The Morgan fingerprint density at radius 2 is 0.981 bits per heavy atom. The van der Waals surface area contributed by atoms with Crippen LogP contribution in [0.25, 0.3) is 0 Å². The number of alkyl carbamates (subject to hydrolysis) is 2. The van der Waals surface area contributed by atoms with Gasteiger partial charge in [0.25, 0.3) is 11.8 Å². The summed E-state index contributed by atoms with van der Waals surface area (Å²) in [5.41, 5.74) is 12.6. The Bertz CT molecular complexity index is 1610. The first-order chi connectivity index (χ1) is 24.6. The van der Waals surface area contributed by atoms with Gasteiger partial charge in [-0.3, -0.25) is 19.4 Å². The fraction of sp³-hybridized carbons (Fsp3) is 0.500. The van der Waals surface area contributed by atoms with E-state index in [0.717, 1.165) is 11.1 Å². The summed E-state index contributed by atoms with van der Waals surface area (Å²) < 4.78 is 17.1. The van der Waals surface area contributed by atoms with Crippen molar-refractivity contribution >= 4 is 35.4 Å². The molecule has 0 bridgehead atoms. The molecule has 0 unspecified atom stereocenters. The Balaban J connectivity index is 1.49. The minimum absolute atomic E-state index is 0.297. The quantitative estimate of drug-likeness (QED) is 0.193. The number of carbonyl (C=O) groups is 4. The summed E-state index contributed by atoms with van der Waals surface area (Å²) in [7, 11) is 0. The summed E-state index contributed by atoms with van der Waals surface area (Å²) in [5, 5.41) is 5.43. The fourth-order valence-corrected chi connectivity index (χ4v) is 6.00. The van der Waals surface area contributed by atoms with Crippen molar-refractivity contribution in [1.82, 2.24) is 10.6 Å². The van der Waals surface area contributed by atoms with Crippen LogP contribution in [-0.2, 0) is 36.6 Å². The second kappa shape index (κ2) is 16.4. The molecule has 0 aromatic heterocycles. The molecule has 0 spiro atoms. The van der Waals surface area contributed by atoms with E-state index in [1.54, 1.807) is 67.8 Å².